The summed E-state index contributed by atoms with van der Waals surface area (Å²) in [6, 6.07) is 6.40. The van der Waals surface area contributed by atoms with Crippen LogP contribution in [0.1, 0.15) is 26.7 Å². The van der Waals surface area contributed by atoms with E-state index in [0.29, 0.717) is 28.1 Å². The highest BCUT2D eigenvalue weighted by Crippen LogP contribution is 2.43. The number of carbonyl (C=O) groups excluding carboxylic acids is 2. The molecule has 1 aromatic carbocycles. The summed E-state index contributed by atoms with van der Waals surface area (Å²) in [4.78, 5) is 27.9. The molecule has 9 heteroatoms. The summed E-state index contributed by atoms with van der Waals surface area (Å²) in [6.07, 6.45) is 0. The molecular formula is C19H18Cl2N2O4S. The van der Waals surface area contributed by atoms with Crippen molar-refractivity contribution in [3.05, 3.63) is 50.3 Å². The van der Waals surface area contributed by atoms with Gasteiger partial charge in [-0.1, -0.05) is 29.3 Å². The van der Waals surface area contributed by atoms with Gasteiger partial charge in [-0.25, -0.2) is 4.79 Å². The van der Waals surface area contributed by atoms with Crippen molar-refractivity contribution in [1.29, 1.82) is 0 Å². The monoisotopic (exact) mass is 440 g/mol. The number of esters is 1. The van der Waals surface area contributed by atoms with Gasteiger partial charge in [0.15, 0.2) is 0 Å². The fourth-order valence-corrected chi connectivity index (χ4v) is 5.08. The van der Waals surface area contributed by atoms with Gasteiger partial charge < -0.3 is 19.7 Å². The van der Waals surface area contributed by atoms with Gasteiger partial charge in [0.2, 0.25) is 0 Å². The van der Waals surface area contributed by atoms with Gasteiger partial charge in [0.1, 0.15) is 6.04 Å². The zero-order valence-corrected chi connectivity index (χ0v) is 17.4. The van der Waals surface area contributed by atoms with Crippen LogP contribution >= 0.6 is 34.5 Å². The lowest BCUT2D eigenvalue weighted by atomic mass is 9.82. The average Bonchev–Trinajstić information content (AvgIpc) is 3.16. The first kappa shape index (κ1) is 19.5. The Balaban J connectivity index is 1.81. The smallest absolute Gasteiger partial charge is 0.329 e. The summed E-state index contributed by atoms with van der Waals surface area (Å²) in [5.74, 6) is -1.19. The Labute approximate surface area is 176 Å². The van der Waals surface area contributed by atoms with Gasteiger partial charge in [0.25, 0.3) is 5.91 Å². The summed E-state index contributed by atoms with van der Waals surface area (Å²) in [7, 11) is 1.31. The minimum atomic E-state index is -0.839. The van der Waals surface area contributed by atoms with E-state index in [1.807, 2.05) is 12.1 Å². The number of ether oxygens (including phenoxy) is 2. The van der Waals surface area contributed by atoms with Crippen LogP contribution in [0, 0.1) is 0 Å². The van der Waals surface area contributed by atoms with Crippen molar-refractivity contribution in [1.82, 2.24) is 5.32 Å². The lowest BCUT2D eigenvalue weighted by Gasteiger charge is -2.31. The van der Waals surface area contributed by atoms with E-state index in [-0.39, 0.29) is 5.91 Å². The molecule has 2 aliphatic rings. The average molecular weight is 441 g/mol. The second-order valence-electron chi connectivity index (χ2n) is 6.59. The number of halogens is 2. The second-order valence-corrected chi connectivity index (χ2v) is 8.44. The number of rotatable bonds is 3. The van der Waals surface area contributed by atoms with Crippen LogP contribution in [0.15, 0.2) is 24.3 Å². The molecule has 0 spiro atoms. The Kier molecular flexibility index (Phi) is 5.51. The van der Waals surface area contributed by atoms with Crippen LogP contribution in [0.5, 0.6) is 0 Å². The highest BCUT2D eigenvalue weighted by molar-refractivity contribution is 7.18. The van der Waals surface area contributed by atoms with Crippen molar-refractivity contribution in [2.45, 2.75) is 12.0 Å². The number of nitrogens with zero attached hydrogens (tertiary/aromatic N) is 1. The molecular weight excluding hydrogens is 423 g/mol. The number of amides is 1. The first-order chi connectivity index (χ1) is 13.5. The third-order valence-electron chi connectivity index (χ3n) is 4.99. The largest absolute Gasteiger partial charge is 0.467 e. The Morgan fingerprint density at radius 2 is 2.00 bits per heavy atom. The number of hydrogen-bond acceptors (Lipinski definition) is 6. The number of anilines is 1. The van der Waals surface area contributed by atoms with Gasteiger partial charge in [0, 0.05) is 19.0 Å². The molecule has 0 saturated carbocycles. The summed E-state index contributed by atoms with van der Waals surface area (Å²) in [5, 5.41) is 4.61. The predicted molar refractivity (Wildman–Crippen MR) is 109 cm³/mol. The predicted octanol–water partition coefficient (Wildman–Crippen LogP) is 3.31. The number of benzene rings is 1. The molecule has 6 nitrogen and oxygen atoms in total. The minimum Gasteiger partial charge on any atom is -0.467 e. The van der Waals surface area contributed by atoms with Crippen LogP contribution in [0.25, 0.3) is 0 Å². The molecule has 0 aliphatic carbocycles. The molecule has 1 N–H and O–H groups in total. The number of morpholine rings is 1. The zero-order valence-electron chi connectivity index (χ0n) is 15.0. The third-order valence-corrected chi connectivity index (χ3v) is 6.94. The number of methoxy groups -OCH3 is 1. The number of carbonyl (C=O) groups is 2. The van der Waals surface area contributed by atoms with Crippen molar-refractivity contribution < 1.29 is 19.1 Å². The summed E-state index contributed by atoms with van der Waals surface area (Å²) >= 11 is 13.7. The second kappa shape index (κ2) is 7.91. The van der Waals surface area contributed by atoms with Crippen LogP contribution in [0.3, 0.4) is 0 Å². The fraction of sp³-hybridized carbons (Fsp3) is 0.368. The van der Waals surface area contributed by atoms with Crippen LogP contribution in [-0.4, -0.2) is 51.3 Å². The van der Waals surface area contributed by atoms with Gasteiger partial charge in [-0.3, -0.25) is 4.79 Å². The molecule has 1 fully saturated rings. The third kappa shape index (κ3) is 3.48. The van der Waals surface area contributed by atoms with E-state index in [1.54, 1.807) is 12.1 Å². The molecule has 0 bridgehead atoms. The van der Waals surface area contributed by atoms with Crippen LogP contribution in [0.4, 0.5) is 5.00 Å². The molecule has 4 rings (SSSR count). The lowest BCUT2D eigenvalue weighted by Crippen LogP contribution is -2.49. The van der Waals surface area contributed by atoms with E-state index in [1.165, 1.54) is 18.4 Å². The fourth-order valence-electron chi connectivity index (χ4n) is 3.61. The first-order valence-corrected chi connectivity index (χ1v) is 10.4. The van der Waals surface area contributed by atoms with Gasteiger partial charge in [0.05, 0.1) is 40.2 Å². The summed E-state index contributed by atoms with van der Waals surface area (Å²) in [6.45, 7) is 2.82. The number of thiophene rings is 1. The van der Waals surface area contributed by atoms with E-state index in [0.717, 1.165) is 29.2 Å². The molecule has 1 saturated heterocycles. The SMILES string of the molecule is COC(=O)C1NC(=O)c2sc(N3CCOCC3)cc2C1c1ccc(Cl)c(Cl)c1. The van der Waals surface area contributed by atoms with Gasteiger partial charge >= 0.3 is 5.97 Å². The van der Waals surface area contributed by atoms with E-state index < -0.39 is 17.9 Å². The van der Waals surface area contributed by atoms with E-state index in [2.05, 4.69) is 10.2 Å². The van der Waals surface area contributed by atoms with E-state index in [4.69, 9.17) is 32.7 Å². The molecule has 148 valence electrons. The summed E-state index contributed by atoms with van der Waals surface area (Å²) in [5.41, 5.74) is 1.58. The van der Waals surface area contributed by atoms with Crippen LogP contribution in [0.2, 0.25) is 10.0 Å². The number of nitrogens with one attached hydrogen (secondary N) is 1. The molecule has 3 heterocycles. The molecule has 2 aromatic rings. The highest BCUT2D eigenvalue weighted by Gasteiger charge is 2.41. The molecule has 2 atom stereocenters. The van der Waals surface area contributed by atoms with E-state index in [9.17, 15) is 9.59 Å². The summed E-state index contributed by atoms with van der Waals surface area (Å²) < 4.78 is 10.4. The minimum absolute atomic E-state index is 0.272. The number of fused-ring (bicyclic) bond motifs is 1. The van der Waals surface area contributed by atoms with Crippen LogP contribution in [-0.2, 0) is 14.3 Å². The maximum Gasteiger partial charge on any atom is 0.329 e. The van der Waals surface area contributed by atoms with Crippen LogP contribution < -0.4 is 10.2 Å². The van der Waals surface area contributed by atoms with Crippen molar-refractivity contribution in [2.24, 2.45) is 0 Å². The molecule has 1 aromatic heterocycles. The molecule has 2 aliphatic heterocycles. The number of hydrogen-bond donors (Lipinski definition) is 1. The van der Waals surface area contributed by atoms with E-state index >= 15 is 0 Å². The quantitative estimate of drug-likeness (QED) is 0.741. The Morgan fingerprint density at radius 3 is 2.68 bits per heavy atom. The highest BCUT2D eigenvalue weighted by atomic mass is 35.5. The Hall–Kier alpha value is -1.80. The topological polar surface area (TPSA) is 67.9 Å². The Morgan fingerprint density at radius 1 is 1.25 bits per heavy atom. The standard InChI is InChI=1S/C19H18Cl2N2O4S/c1-26-19(25)16-15(10-2-3-12(20)13(21)8-10)11-9-14(23-4-6-27-7-5-23)28-17(11)18(24)22-16/h2-3,8-9,15-16H,4-7H2,1H3,(H,22,24). The zero-order chi connectivity index (χ0) is 19.8. The molecule has 2 unspecified atom stereocenters. The molecule has 0 radical (unpaired) electrons. The molecule has 1 amide bonds. The van der Waals surface area contributed by atoms with Crippen molar-refractivity contribution in [3.63, 3.8) is 0 Å². The lowest BCUT2D eigenvalue weighted by molar-refractivity contribution is -0.143. The maximum absolute atomic E-state index is 12.7. The Bertz CT molecular complexity index is 927. The van der Waals surface area contributed by atoms with Crippen molar-refractivity contribution >= 4 is 51.4 Å². The molecule has 28 heavy (non-hydrogen) atoms. The van der Waals surface area contributed by atoms with Crippen molar-refractivity contribution in [3.8, 4) is 0 Å². The first-order valence-electron chi connectivity index (χ1n) is 8.79. The normalized spacial score (nSPS) is 21.8. The van der Waals surface area contributed by atoms with Crippen molar-refractivity contribution in [2.75, 3.05) is 38.3 Å². The van der Waals surface area contributed by atoms with Gasteiger partial charge in [-0.15, -0.1) is 11.3 Å². The maximum atomic E-state index is 12.7. The van der Waals surface area contributed by atoms with Gasteiger partial charge in [-0.2, -0.15) is 0 Å². The van der Waals surface area contributed by atoms with Gasteiger partial charge in [-0.05, 0) is 29.3 Å².